The molecule has 62 heavy (non-hydrogen) atoms. The number of benzene rings is 1. The topological polar surface area (TPSA) is 221 Å². The van der Waals surface area contributed by atoms with E-state index in [9.17, 15) is 44.8 Å². The zero-order valence-corrected chi connectivity index (χ0v) is 39.0. The van der Waals surface area contributed by atoms with E-state index in [2.05, 4.69) is 0 Å². The summed E-state index contributed by atoms with van der Waals surface area (Å²) in [5.41, 5.74) is -4.20. The van der Waals surface area contributed by atoms with Crippen LogP contribution >= 0.6 is 0 Å². The lowest BCUT2D eigenvalue weighted by molar-refractivity contribution is -0.318. The van der Waals surface area contributed by atoms with Crippen molar-refractivity contribution in [2.45, 2.75) is 192 Å². The molecule has 0 amide bonds. The first-order chi connectivity index (χ1) is 28.7. The van der Waals surface area contributed by atoms with Gasteiger partial charge in [-0.15, -0.1) is 0 Å². The first-order valence-electron chi connectivity index (χ1n) is 22.1. The van der Waals surface area contributed by atoms with Gasteiger partial charge in [0.1, 0.15) is 35.8 Å². The van der Waals surface area contributed by atoms with Gasteiger partial charge >= 0.3 is 13.1 Å². The van der Waals surface area contributed by atoms with E-state index in [0.717, 1.165) is 6.07 Å². The maximum atomic E-state index is 14.4. The highest BCUT2D eigenvalue weighted by Crippen LogP contribution is 2.40. The number of nitrogens with zero attached hydrogens (tertiary/aromatic N) is 2. The van der Waals surface area contributed by atoms with Gasteiger partial charge in [-0.2, -0.15) is 0 Å². The second-order valence-electron chi connectivity index (χ2n) is 19.3. The van der Waals surface area contributed by atoms with E-state index >= 15 is 0 Å². The fraction of sp³-hybridized carbons (Fsp3) is 0.841. The summed E-state index contributed by atoms with van der Waals surface area (Å²) in [6.45, 7) is 17.6. The zero-order valence-electron chi connectivity index (χ0n) is 39.0. The Bertz CT molecular complexity index is 1610. The molecule has 3 fully saturated rings. The first kappa shape index (κ1) is 52.7. The van der Waals surface area contributed by atoms with Crippen molar-refractivity contribution in [1.82, 2.24) is 9.80 Å². The summed E-state index contributed by atoms with van der Waals surface area (Å²) in [6.07, 6.45) is -9.90. The van der Waals surface area contributed by atoms with E-state index in [1.165, 1.54) is 26.2 Å². The van der Waals surface area contributed by atoms with E-state index in [0.29, 0.717) is 18.5 Å². The van der Waals surface area contributed by atoms with Gasteiger partial charge in [0.25, 0.3) is 0 Å². The number of hydrogen-bond acceptors (Lipinski definition) is 16. The highest BCUT2D eigenvalue weighted by molar-refractivity contribution is 6.59. The minimum atomic E-state index is -1.92. The molecule has 4 rings (SSSR count). The van der Waals surface area contributed by atoms with Gasteiger partial charge in [0.15, 0.2) is 12.6 Å². The Morgan fingerprint density at radius 2 is 1.63 bits per heavy atom. The number of esters is 1. The molecule has 0 unspecified atom stereocenters. The summed E-state index contributed by atoms with van der Waals surface area (Å²) < 4.78 is 51.9. The quantitative estimate of drug-likeness (QED) is 0.130. The van der Waals surface area contributed by atoms with Gasteiger partial charge in [-0.25, -0.2) is 4.39 Å². The van der Waals surface area contributed by atoms with Gasteiger partial charge in [0.05, 0.1) is 41.5 Å². The Morgan fingerprint density at radius 3 is 2.23 bits per heavy atom. The largest absolute Gasteiger partial charge is 0.488 e. The van der Waals surface area contributed by atoms with Crippen molar-refractivity contribution in [3.63, 3.8) is 0 Å². The number of ether oxygens (including phenoxy) is 6. The fourth-order valence-electron chi connectivity index (χ4n) is 10.00. The first-order valence-corrected chi connectivity index (χ1v) is 22.1. The molecule has 0 saturated carbocycles. The minimum Gasteiger partial charge on any atom is -0.459 e. The van der Waals surface area contributed by atoms with Crippen molar-refractivity contribution in [2.75, 3.05) is 27.7 Å². The lowest BCUT2D eigenvalue weighted by atomic mass is 9.76. The molecule has 3 aliphatic heterocycles. The Morgan fingerprint density at radius 1 is 0.984 bits per heavy atom. The third kappa shape index (κ3) is 11.9. The summed E-state index contributed by atoms with van der Waals surface area (Å²) >= 11 is 0. The Labute approximate surface area is 367 Å². The average molecular weight is 887 g/mol. The smallest absolute Gasteiger partial charge is 0.459 e. The van der Waals surface area contributed by atoms with Crippen LogP contribution in [0.5, 0.6) is 0 Å². The van der Waals surface area contributed by atoms with Crippen LogP contribution in [0.2, 0.25) is 0 Å². The van der Waals surface area contributed by atoms with E-state index in [1.807, 2.05) is 18.7 Å². The minimum absolute atomic E-state index is 0.00700. The normalized spacial score (nSPS) is 43.5. The van der Waals surface area contributed by atoms with Crippen molar-refractivity contribution in [3.8, 4) is 0 Å². The number of halogens is 1. The number of carbonyl (C=O) groups is 1. The average Bonchev–Trinajstić information content (AvgIpc) is 3.19. The van der Waals surface area contributed by atoms with Crippen LogP contribution in [0.15, 0.2) is 18.2 Å². The van der Waals surface area contributed by atoms with Crippen molar-refractivity contribution < 1.29 is 73.2 Å². The van der Waals surface area contributed by atoms with Crippen molar-refractivity contribution >= 4 is 18.6 Å². The highest BCUT2D eigenvalue weighted by atomic mass is 19.1. The SMILES string of the molecule is CC[C@H]1OC(=O)[C@H](C)[C@@H](O[C@H]2C[C@@](C)(OC)[C@@H](O)[C@H](C)O2)[C@H](C)[C@@H](O[C@@H]2O[C@H](C)C[C@H](N(C)Cc3ccc(F)cc3B(O)O)[C@H]2O)[C@](C)(O)C[C@@H](C)CN(C)[C@H](C)[C@@H](O)[C@]1(C)O. The molecule has 18 atom stereocenters. The summed E-state index contributed by atoms with van der Waals surface area (Å²) in [5, 5.41) is 79.2. The lowest BCUT2D eigenvalue weighted by Gasteiger charge is -2.49. The number of aliphatic hydroxyl groups is 5. The highest BCUT2D eigenvalue weighted by Gasteiger charge is 2.53. The second-order valence-corrected chi connectivity index (χ2v) is 19.3. The predicted molar refractivity (Wildman–Crippen MR) is 228 cm³/mol. The number of cyclic esters (lactones) is 1. The van der Waals surface area contributed by atoms with Crippen LogP contribution in [-0.2, 0) is 39.8 Å². The summed E-state index contributed by atoms with van der Waals surface area (Å²) in [7, 11) is 3.10. The number of likely N-dealkylation sites (N-methyl/N-ethyl adjacent to an activating group) is 2. The molecule has 0 bridgehead atoms. The Balaban J connectivity index is 1.80. The molecule has 356 valence electrons. The van der Waals surface area contributed by atoms with E-state index in [4.69, 9.17) is 28.4 Å². The number of hydrogen-bond donors (Lipinski definition) is 7. The monoisotopic (exact) mass is 887 g/mol. The third-order valence-corrected chi connectivity index (χ3v) is 13.9. The molecule has 7 N–H and O–H groups in total. The van der Waals surface area contributed by atoms with Crippen LogP contribution in [-0.4, -0.2) is 177 Å². The number of carbonyl (C=O) groups excluding carboxylic acids is 1. The van der Waals surface area contributed by atoms with Crippen LogP contribution in [0.4, 0.5) is 4.39 Å². The van der Waals surface area contributed by atoms with Gasteiger partial charge in [-0.05, 0) is 111 Å². The molecule has 18 heteroatoms. The standard InChI is InChI=1S/C44H76BFN2O14/c1-14-33-44(10,54)37(50)27(6)47(11)21-23(2)19-42(8,53)39(25(4)36(26(5)40(52)60-33)61-34-20-43(9,57-13)38(51)28(7)59-34)62-41-35(49)32(17-24(3)58-41)48(12)22-29-15-16-30(46)18-31(29)45(55)56/h15-16,18,23-28,32-39,41,49-51,53-56H,14,17,19-22H2,1-13H3/t23-,24-,25+,26-,27-,28+,32+,33-,34+,35-,36+,37-,38+,39-,41+,42-,43-,44-/m1/s1. The van der Waals surface area contributed by atoms with Gasteiger partial charge in [0, 0.05) is 44.6 Å². The van der Waals surface area contributed by atoms with Crippen molar-refractivity contribution in [3.05, 3.63) is 29.6 Å². The summed E-state index contributed by atoms with van der Waals surface area (Å²) in [6, 6.07) is 2.53. The van der Waals surface area contributed by atoms with Gasteiger partial charge in [0.2, 0.25) is 0 Å². The molecule has 3 heterocycles. The molecule has 3 saturated heterocycles. The zero-order chi connectivity index (χ0) is 46.8. The second kappa shape index (κ2) is 21.2. The van der Waals surface area contributed by atoms with E-state index < -0.39 is 121 Å². The maximum Gasteiger partial charge on any atom is 0.488 e. The maximum absolute atomic E-state index is 14.4. The van der Waals surface area contributed by atoms with Crippen LogP contribution in [0.25, 0.3) is 0 Å². The van der Waals surface area contributed by atoms with Crippen LogP contribution in [0.1, 0.15) is 100 Å². The molecule has 1 aromatic rings. The van der Waals surface area contributed by atoms with Crippen molar-refractivity contribution in [2.24, 2.45) is 17.8 Å². The fourth-order valence-corrected chi connectivity index (χ4v) is 10.00. The molecule has 0 radical (unpaired) electrons. The van der Waals surface area contributed by atoms with Crippen LogP contribution in [0.3, 0.4) is 0 Å². The Kier molecular flexibility index (Phi) is 18.0. The molecule has 1 aromatic carbocycles. The van der Waals surface area contributed by atoms with E-state index in [-0.39, 0.29) is 37.2 Å². The lowest BCUT2D eigenvalue weighted by Crippen LogP contribution is -2.60. The molecule has 0 aliphatic carbocycles. The van der Waals surface area contributed by atoms with Crippen LogP contribution in [0, 0.1) is 23.6 Å². The van der Waals surface area contributed by atoms with E-state index in [1.54, 1.807) is 67.5 Å². The number of rotatable bonds is 10. The van der Waals surface area contributed by atoms with Gasteiger partial charge in [-0.3, -0.25) is 9.69 Å². The molecule has 16 nitrogen and oxygen atoms in total. The summed E-state index contributed by atoms with van der Waals surface area (Å²) in [4.78, 5) is 18.1. The summed E-state index contributed by atoms with van der Waals surface area (Å²) in [5.74, 6) is -3.58. The Hall–Kier alpha value is -1.88. The molecular weight excluding hydrogens is 810 g/mol. The third-order valence-electron chi connectivity index (χ3n) is 13.9. The number of aliphatic hydroxyl groups excluding tert-OH is 3. The van der Waals surface area contributed by atoms with Gasteiger partial charge in [-0.1, -0.05) is 26.8 Å². The number of methoxy groups -OCH3 is 1. The molecule has 3 aliphatic rings. The molecular formula is C44H76BFN2O14. The molecule has 0 spiro atoms. The predicted octanol–water partition coefficient (Wildman–Crippen LogP) is 1.29. The molecule has 0 aromatic heterocycles. The van der Waals surface area contributed by atoms with Crippen LogP contribution < -0.4 is 5.46 Å². The van der Waals surface area contributed by atoms with Crippen molar-refractivity contribution in [1.29, 1.82) is 0 Å². The van der Waals surface area contributed by atoms with Gasteiger partial charge < -0.3 is 68.9 Å².